The van der Waals surface area contributed by atoms with Crippen LogP contribution in [-0.4, -0.2) is 24.6 Å². The Bertz CT molecular complexity index is 482. The molecule has 0 aromatic heterocycles. The van der Waals surface area contributed by atoms with Gasteiger partial charge in [0.1, 0.15) is 5.75 Å². The number of hydrogen-bond acceptors (Lipinski definition) is 4. The number of aryl methyl sites for hydroxylation is 2. The number of benzene rings is 1. The molecule has 0 aliphatic carbocycles. The van der Waals surface area contributed by atoms with Crippen LogP contribution in [0.3, 0.4) is 0 Å². The summed E-state index contributed by atoms with van der Waals surface area (Å²) in [5.41, 5.74) is 1.64. The van der Waals surface area contributed by atoms with Gasteiger partial charge in [0.05, 0.1) is 11.5 Å². The number of piperidine rings is 1. The summed E-state index contributed by atoms with van der Waals surface area (Å²) in [6.45, 7) is 6.48. The molecule has 5 nitrogen and oxygen atoms in total. The molecule has 0 radical (unpaired) electrons. The van der Waals surface area contributed by atoms with Crippen molar-refractivity contribution < 1.29 is 9.66 Å². The minimum Gasteiger partial charge on any atom is -0.493 e. The maximum absolute atomic E-state index is 10.9. The maximum atomic E-state index is 10.9. The summed E-state index contributed by atoms with van der Waals surface area (Å²) in [7, 11) is 0. The highest BCUT2D eigenvalue weighted by atomic mass is 16.6. The summed E-state index contributed by atoms with van der Waals surface area (Å²) in [6, 6.07) is 3.37. The van der Waals surface area contributed by atoms with E-state index in [0.29, 0.717) is 12.2 Å². The van der Waals surface area contributed by atoms with Crippen molar-refractivity contribution in [1.82, 2.24) is 5.32 Å². The van der Waals surface area contributed by atoms with Crippen LogP contribution in [0.5, 0.6) is 5.75 Å². The van der Waals surface area contributed by atoms with Crippen LogP contribution >= 0.6 is 0 Å². The van der Waals surface area contributed by atoms with Gasteiger partial charge in [0.25, 0.3) is 5.69 Å². The van der Waals surface area contributed by atoms with Crippen molar-refractivity contribution in [3.63, 3.8) is 0 Å². The third-order valence-electron chi connectivity index (χ3n) is 3.93. The molecule has 20 heavy (non-hydrogen) atoms. The van der Waals surface area contributed by atoms with E-state index in [0.717, 1.165) is 36.7 Å². The van der Waals surface area contributed by atoms with E-state index >= 15 is 0 Å². The summed E-state index contributed by atoms with van der Waals surface area (Å²) >= 11 is 0. The van der Waals surface area contributed by atoms with Crippen LogP contribution in [0.15, 0.2) is 12.1 Å². The Morgan fingerprint density at radius 3 is 2.65 bits per heavy atom. The third-order valence-corrected chi connectivity index (χ3v) is 3.93. The van der Waals surface area contributed by atoms with Gasteiger partial charge >= 0.3 is 0 Å². The Labute approximate surface area is 119 Å². The van der Waals surface area contributed by atoms with Crippen LogP contribution in [-0.2, 0) is 0 Å². The lowest BCUT2D eigenvalue weighted by atomic mass is 9.95. The monoisotopic (exact) mass is 278 g/mol. The summed E-state index contributed by atoms with van der Waals surface area (Å²) in [4.78, 5) is 10.5. The fraction of sp³-hybridized carbons (Fsp3) is 0.600. The van der Waals surface area contributed by atoms with Gasteiger partial charge in [-0.05, 0) is 63.7 Å². The molecule has 1 heterocycles. The van der Waals surface area contributed by atoms with E-state index in [1.165, 1.54) is 12.8 Å². The van der Waals surface area contributed by atoms with Gasteiger partial charge < -0.3 is 10.1 Å². The summed E-state index contributed by atoms with van der Waals surface area (Å²) < 4.78 is 5.81. The first-order chi connectivity index (χ1) is 9.58. The Morgan fingerprint density at radius 1 is 1.30 bits per heavy atom. The molecule has 0 saturated carbocycles. The molecule has 0 unspecified atom stereocenters. The molecule has 5 heteroatoms. The number of ether oxygens (including phenoxy) is 1. The van der Waals surface area contributed by atoms with Crippen LogP contribution in [0.1, 0.15) is 30.4 Å². The third kappa shape index (κ3) is 3.70. The molecule has 0 atom stereocenters. The first kappa shape index (κ1) is 14.8. The smallest absolute Gasteiger partial charge is 0.272 e. The standard InChI is InChI=1S/C15H22N2O3/c1-11-10-15(12(2)9-14(11)17(18)19)20-8-5-13-3-6-16-7-4-13/h9-10,13,16H,3-8H2,1-2H3. The van der Waals surface area contributed by atoms with E-state index < -0.39 is 0 Å². The lowest BCUT2D eigenvalue weighted by molar-refractivity contribution is -0.385. The number of hydrogen-bond donors (Lipinski definition) is 1. The second-order valence-corrected chi connectivity index (χ2v) is 5.49. The highest BCUT2D eigenvalue weighted by molar-refractivity contribution is 5.49. The Morgan fingerprint density at radius 2 is 2.00 bits per heavy atom. The van der Waals surface area contributed by atoms with Crippen LogP contribution in [0.25, 0.3) is 0 Å². The minimum absolute atomic E-state index is 0.160. The Hall–Kier alpha value is -1.62. The minimum atomic E-state index is -0.346. The molecule has 2 rings (SSSR count). The topological polar surface area (TPSA) is 64.4 Å². The molecule has 1 aromatic carbocycles. The van der Waals surface area contributed by atoms with Crippen molar-refractivity contribution in [2.75, 3.05) is 19.7 Å². The predicted molar refractivity (Wildman–Crippen MR) is 78.3 cm³/mol. The summed E-state index contributed by atoms with van der Waals surface area (Å²) in [5, 5.41) is 14.2. The van der Waals surface area contributed by atoms with Gasteiger partial charge in [0.15, 0.2) is 0 Å². The second-order valence-electron chi connectivity index (χ2n) is 5.49. The van der Waals surface area contributed by atoms with Gasteiger partial charge in [0.2, 0.25) is 0 Å². The Balaban J connectivity index is 1.92. The van der Waals surface area contributed by atoms with Crippen molar-refractivity contribution in [2.45, 2.75) is 33.1 Å². The molecule has 0 spiro atoms. The van der Waals surface area contributed by atoms with E-state index in [-0.39, 0.29) is 10.6 Å². The average molecular weight is 278 g/mol. The quantitative estimate of drug-likeness (QED) is 0.664. The second kappa shape index (κ2) is 6.70. The fourth-order valence-electron chi connectivity index (χ4n) is 2.63. The highest BCUT2D eigenvalue weighted by Gasteiger charge is 2.15. The molecule has 110 valence electrons. The zero-order chi connectivity index (χ0) is 14.5. The van der Waals surface area contributed by atoms with Crippen LogP contribution in [0.2, 0.25) is 0 Å². The van der Waals surface area contributed by atoms with Gasteiger partial charge in [-0.15, -0.1) is 0 Å². The number of nitrogens with zero attached hydrogens (tertiary/aromatic N) is 1. The van der Waals surface area contributed by atoms with Crippen molar-refractivity contribution >= 4 is 5.69 Å². The Kier molecular flexibility index (Phi) is 4.95. The zero-order valence-electron chi connectivity index (χ0n) is 12.1. The number of rotatable bonds is 5. The van der Waals surface area contributed by atoms with Gasteiger partial charge in [0, 0.05) is 11.6 Å². The first-order valence-electron chi connectivity index (χ1n) is 7.17. The maximum Gasteiger partial charge on any atom is 0.272 e. The average Bonchev–Trinajstić information content (AvgIpc) is 2.43. The normalized spacial score (nSPS) is 16.1. The summed E-state index contributed by atoms with van der Waals surface area (Å²) in [5.74, 6) is 1.50. The molecule has 1 aliphatic heterocycles. The van der Waals surface area contributed by atoms with Gasteiger partial charge in [-0.2, -0.15) is 0 Å². The molecule has 0 bridgehead atoms. The lowest BCUT2D eigenvalue weighted by Gasteiger charge is -2.22. The SMILES string of the molecule is Cc1cc([N+](=O)[O-])c(C)cc1OCCC1CCNCC1. The molecule has 0 amide bonds. The lowest BCUT2D eigenvalue weighted by Crippen LogP contribution is -2.28. The largest absolute Gasteiger partial charge is 0.493 e. The molecule has 1 N–H and O–H groups in total. The summed E-state index contributed by atoms with van der Waals surface area (Å²) in [6.07, 6.45) is 3.47. The zero-order valence-corrected chi connectivity index (χ0v) is 12.1. The van der Waals surface area contributed by atoms with Crippen molar-refractivity contribution in [1.29, 1.82) is 0 Å². The van der Waals surface area contributed by atoms with E-state index in [9.17, 15) is 10.1 Å². The molecule has 1 aliphatic rings. The molecular formula is C15H22N2O3. The van der Waals surface area contributed by atoms with Crippen molar-refractivity contribution in [3.8, 4) is 5.75 Å². The van der Waals surface area contributed by atoms with Crippen LogP contribution in [0.4, 0.5) is 5.69 Å². The van der Waals surface area contributed by atoms with Gasteiger partial charge in [-0.25, -0.2) is 0 Å². The number of nitro groups is 1. The van der Waals surface area contributed by atoms with Crippen LogP contribution < -0.4 is 10.1 Å². The van der Waals surface area contributed by atoms with Gasteiger partial charge in [-0.1, -0.05) is 0 Å². The van der Waals surface area contributed by atoms with Crippen molar-refractivity contribution in [3.05, 3.63) is 33.4 Å². The number of nitro benzene ring substituents is 1. The van der Waals surface area contributed by atoms with E-state index in [1.54, 1.807) is 19.1 Å². The first-order valence-corrected chi connectivity index (χ1v) is 7.17. The molecule has 1 saturated heterocycles. The molecular weight excluding hydrogens is 256 g/mol. The molecule has 1 fully saturated rings. The van der Waals surface area contributed by atoms with Crippen LogP contribution in [0, 0.1) is 29.9 Å². The predicted octanol–water partition coefficient (Wildman–Crippen LogP) is 2.98. The fourth-order valence-corrected chi connectivity index (χ4v) is 2.63. The highest BCUT2D eigenvalue weighted by Crippen LogP contribution is 2.28. The van der Waals surface area contributed by atoms with E-state index in [2.05, 4.69) is 5.32 Å². The number of nitrogens with one attached hydrogen (secondary N) is 1. The van der Waals surface area contributed by atoms with Crippen molar-refractivity contribution in [2.24, 2.45) is 5.92 Å². The van der Waals surface area contributed by atoms with E-state index in [4.69, 9.17) is 4.74 Å². The van der Waals surface area contributed by atoms with Gasteiger partial charge in [-0.3, -0.25) is 10.1 Å². The van der Waals surface area contributed by atoms with E-state index in [1.807, 2.05) is 6.92 Å². The molecule has 1 aromatic rings.